The van der Waals surface area contributed by atoms with Gasteiger partial charge in [0.1, 0.15) is 5.65 Å². The first-order valence-electron chi connectivity index (χ1n) is 10.7. The maximum absolute atomic E-state index is 13.1. The molecule has 0 saturated carbocycles. The molecule has 1 aromatic carbocycles. The standard InChI is InChI=1S/C25H21N5O2/c31-25(29-10-12-32-13-11-29)21-16-27-30-9-8-18(14-23(21)30)20-15-26-24-19(20)6-7-22(28-24)17-4-2-1-3-5-17/h1-9,14-16H,10-13H2,(H,26,28). The predicted octanol–water partition coefficient (Wildman–Crippen LogP) is 4.02. The summed E-state index contributed by atoms with van der Waals surface area (Å²) in [6.07, 6.45) is 5.52. The van der Waals surface area contributed by atoms with Crippen molar-refractivity contribution in [3.8, 4) is 22.4 Å². The minimum atomic E-state index is -0.00598. The molecule has 4 aromatic heterocycles. The average molecular weight is 423 g/mol. The molecule has 158 valence electrons. The largest absolute Gasteiger partial charge is 0.378 e. The van der Waals surface area contributed by atoms with Crippen molar-refractivity contribution in [2.75, 3.05) is 26.3 Å². The van der Waals surface area contributed by atoms with Crippen LogP contribution in [0.15, 0.2) is 73.2 Å². The highest BCUT2D eigenvalue weighted by molar-refractivity contribution is 6.02. The van der Waals surface area contributed by atoms with Crippen LogP contribution in [-0.2, 0) is 4.74 Å². The molecule has 5 aromatic rings. The summed E-state index contributed by atoms with van der Waals surface area (Å²) in [7, 11) is 0. The number of carbonyl (C=O) groups excluding carboxylic acids is 1. The predicted molar refractivity (Wildman–Crippen MR) is 122 cm³/mol. The first kappa shape index (κ1) is 18.8. The van der Waals surface area contributed by atoms with Gasteiger partial charge in [-0.15, -0.1) is 0 Å². The van der Waals surface area contributed by atoms with Crippen LogP contribution in [0.1, 0.15) is 10.4 Å². The third-order valence-corrected chi connectivity index (χ3v) is 5.97. The van der Waals surface area contributed by atoms with Crippen molar-refractivity contribution in [1.82, 2.24) is 24.5 Å². The molecule has 7 nitrogen and oxygen atoms in total. The van der Waals surface area contributed by atoms with Gasteiger partial charge in [0.25, 0.3) is 5.91 Å². The van der Waals surface area contributed by atoms with E-state index in [-0.39, 0.29) is 5.91 Å². The van der Waals surface area contributed by atoms with Crippen LogP contribution in [-0.4, -0.2) is 56.7 Å². The van der Waals surface area contributed by atoms with E-state index in [1.807, 2.05) is 53.7 Å². The number of carbonyl (C=O) groups is 1. The Bertz CT molecular complexity index is 1430. The molecule has 0 bridgehead atoms. The van der Waals surface area contributed by atoms with E-state index in [1.54, 1.807) is 10.7 Å². The third kappa shape index (κ3) is 3.14. The van der Waals surface area contributed by atoms with Gasteiger partial charge in [0, 0.05) is 42.0 Å². The monoisotopic (exact) mass is 423 g/mol. The topological polar surface area (TPSA) is 75.5 Å². The zero-order valence-electron chi connectivity index (χ0n) is 17.4. The summed E-state index contributed by atoms with van der Waals surface area (Å²) in [6, 6.07) is 18.3. The zero-order valence-corrected chi connectivity index (χ0v) is 17.4. The van der Waals surface area contributed by atoms with Crippen molar-refractivity contribution in [3.63, 3.8) is 0 Å². The lowest BCUT2D eigenvalue weighted by atomic mass is 10.0. The number of morpholine rings is 1. The Morgan fingerprint density at radius 2 is 1.84 bits per heavy atom. The lowest BCUT2D eigenvalue weighted by molar-refractivity contribution is 0.0304. The molecule has 0 spiro atoms. The molecule has 1 aliphatic rings. The summed E-state index contributed by atoms with van der Waals surface area (Å²) >= 11 is 0. The molecule has 0 atom stereocenters. The van der Waals surface area contributed by atoms with Gasteiger partial charge in [-0.3, -0.25) is 4.79 Å². The first-order valence-corrected chi connectivity index (χ1v) is 10.7. The third-order valence-electron chi connectivity index (χ3n) is 5.97. The number of rotatable bonds is 3. The van der Waals surface area contributed by atoms with Crippen molar-refractivity contribution >= 4 is 22.5 Å². The Balaban J connectivity index is 1.39. The number of H-pyrrole nitrogens is 1. The van der Waals surface area contributed by atoms with Gasteiger partial charge in [-0.25, -0.2) is 9.50 Å². The first-order chi connectivity index (χ1) is 15.8. The Morgan fingerprint density at radius 1 is 1.00 bits per heavy atom. The molecule has 0 radical (unpaired) electrons. The summed E-state index contributed by atoms with van der Waals surface area (Å²) in [4.78, 5) is 23.0. The van der Waals surface area contributed by atoms with Gasteiger partial charge in [0.05, 0.1) is 36.2 Å². The highest BCUT2D eigenvalue weighted by Crippen LogP contribution is 2.31. The number of aromatic amines is 1. The number of nitrogens with one attached hydrogen (secondary N) is 1. The van der Waals surface area contributed by atoms with E-state index in [4.69, 9.17) is 9.72 Å². The maximum atomic E-state index is 13.1. The van der Waals surface area contributed by atoms with E-state index in [2.05, 4.69) is 28.3 Å². The molecular formula is C25H21N5O2. The normalized spacial score (nSPS) is 14.3. The minimum Gasteiger partial charge on any atom is -0.378 e. The van der Waals surface area contributed by atoms with E-state index in [0.717, 1.165) is 38.9 Å². The van der Waals surface area contributed by atoms with Crippen LogP contribution in [0.2, 0.25) is 0 Å². The second-order valence-electron chi connectivity index (χ2n) is 7.87. The average Bonchev–Trinajstić information content (AvgIpc) is 3.48. The second-order valence-corrected chi connectivity index (χ2v) is 7.87. The number of amides is 1. The molecule has 1 fully saturated rings. The molecule has 32 heavy (non-hydrogen) atoms. The highest BCUT2D eigenvalue weighted by Gasteiger charge is 2.22. The minimum absolute atomic E-state index is 0.00598. The van der Waals surface area contributed by atoms with Crippen molar-refractivity contribution < 1.29 is 9.53 Å². The van der Waals surface area contributed by atoms with Gasteiger partial charge in [-0.2, -0.15) is 5.10 Å². The fourth-order valence-corrected chi connectivity index (χ4v) is 4.26. The van der Waals surface area contributed by atoms with Crippen LogP contribution in [0.25, 0.3) is 38.9 Å². The van der Waals surface area contributed by atoms with Crippen molar-refractivity contribution in [3.05, 3.63) is 78.8 Å². The molecule has 7 heteroatoms. The van der Waals surface area contributed by atoms with Gasteiger partial charge >= 0.3 is 0 Å². The van der Waals surface area contributed by atoms with Crippen molar-refractivity contribution in [2.24, 2.45) is 0 Å². The van der Waals surface area contributed by atoms with Crippen LogP contribution in [0.5, 0.6) is 0 Å². The van der Waals surface area contributed by atoms with Crippen LogP contribution in [0, 0.1) is 0 Å². The maximum Gasteiger partial charge on any atom is 0.257 e. The van der Waals surface area contributed by atoms with Gasteiger partial charge in [-0.05, 0) is 29.8 Å². The van der Waals surface area contributed by atoms with Crippen LogP contribution in [0.3, 0.4) is 0 Å². The molecule has 5 heterocycles. The number of aromatic nitrogens is 4. The summed E-state index contributed by atoms with van der Waals surface area (Å²) < 4.78 is 7.12. The fraction of sp³-hybridized carbons (Fsp3) is 0.160. The van der Waals surface area contributed by atoms with E-state index >= 15 is 0 Å². The molecule has 1 amide bonds. The summed E-state index contributed by atoms with van der Waals surface area (Å²) in [5.41, 5.74) is 6.29. The van der Waals surface area contributed by atoms with Gasteiger partial charge in [0.2, 0.25) is 0 Å². The fourth-order valence-electron chi connectivity index (χ4n) is 4.26. The van der Waals surface area contributed by atoms with E-state index in [1.165, 1.54) is 0 Å². The quantitative estimate of drug-likeness (QED) is 0.476. The SMILES string of the molecule is O=C(c1cnn2ccc(-c3c[nH]c4nc(-c5ccccc5)ccc34)cc12)N1CCOCC1. The number of nitrogens with zero attached hydrogens (tertiary/aromatic N) is 4. The smallest absolute Gasteiger partial charge is 0.257 e. The highest BCUT2D eigenvalue weighted by atomic mass is 16.5. The Labute approximate surface area is 184 Å². The molecule has 1 aliphatic heterocycles. The number of benzene rings is 1. The Morgan fingerprint density at radius 3 is 2.69 bits per heavy atom. The molecule has 1 N–H and O–H groups in total. The van der Waals surface area contributed by atoms with Crippen molar-refractivity contribution in [1.29, 1.82) is 0 Å². The van der Waals surface area contributed by atoms with E-state index in [0.29, 0.717) is 31.9 Å². The Kier molecular flexibility index (Phi) is 4.47. The molecule has 0 aliphatic carbocycles. The van der Waals surface area contributed by atoms with Crippen LogP contribution >= 0.6 is 0 Å². The van der Waals surface area contributed by atoms with Crippen LogP contribution < -0.4 is 0 Å². The number of ether oxygens (including phenoxy) is 1. The van der Waals surface area contributed by atoms with Gasteiger partial charge in [-0.1, -0.05) is 30.3 Å². The molecule has 1 saturated heterocycles. The number of pyridine rings is 2. The second kappa shape index (κ2) is 7.62. The number of hydrogen-bond donors (Lipinski definition) is 1. The van der Waals surface area contributed by atoms with Gasteiger partial charge < -0.3 is 14.6 Å². The summed E-state index contributed by atoms with van der Waals surface area (Å²) in [5.74, 6) is -0.00598. The van der Waals surface area contributed by atoms with E-state index in [9.17, 15) is 4.79 Å². The van der Waals surface area contributed by atoms with Crippen LogP contribution in [0.4, 0.5) is 0 Å². The molecule has 0 unspecified atom stereocenters. The number of fused-ring (bicyclic) bond motifs is 2. The lowest BCUT2D eigenvalue weighted by Gasteiger charge is -2.26. The number of hydrogen-bond acceptors (Lipinski definition) is 4. The summed E-state index contributed by atoms with van der Waals surface area (Å²) in [6.45, 7) is 2.36. The Hall–Kier alpha value is -3.97. The lowest BCUT2D eigenvalue weighted by Crippen LogP contribution is -2.40. The molecule has 6 rings (SSSR count). The van der Waals surface area contributed by atoms with E-state index < -0.39 is 0 Å². The van der Waals surface area contributed by atoms with Gasteiger partial charge in [0.15, 0.2) is 0 Å². The summed E-state index contributed by atoms with van der Waals surface area (Å²) in [5, 5.41) is 5.42. The van der Waals surface area contributed by atoms with Crippen molar-refractivity contribution in [2.45, 2.75) is 0 Å². The zero-order chi connectivity index (χ0) is 21.5. The molecular weight excluding hydrogens is 402 g/mol.